The van der Waals surface area contributed by atoms with Gasteiger partial charge in [-0.25, -0.2) is 0 Å². The van der Waals surface area contributed by atoms with Crippen LogP contribution < -0.4 is 5.32 Å². The minimum Gasteiger partial charge on any atom is -0.408 e. The van der Waals surface area contributed by atoms with Crippen LogP contribution >= 0.6 is 0 Å². The molecule has 0 aliphatic rings. The lowest BCUT2D eigenvalue weighted by molar-refractivity contribution is 0.466. The van der Waals surface area contributed by atoms with E-state index >= 15 is 0 Å². The van der Waals surface area contributed by atoms with Crippen LogP contribution in [-0.2, 0) is 0 Å². The summed E-state index contributed by atoms with van der Waals surface area (Å²) in [5.41, 5.74) is -0.0409. The first-order chi connectivity index (χ1) is 5.88. The van der Waals surface area contributed by atoms with E-state index in [1.807, 2.05) is 34.6 Å². The summed E-state index contributed by atoms with van der Waals surface area (Å²) in [4.78, 5) is 0. The normalized spacial score (nSPS) is 12.2. The van der Waals surface area contributed by atoms with Gasteiger partial charge in [0.25, 0.3) is 0 Å². The maximum Gasteiger partial charge on any atom is 0.315 e. The van der Waals surface area contributed by atoms with Gasteiger partial charge in [-0.05, 0) is 20.8 Å². The molecule has 0 fully saturated rings. The third kappa shape index (κ3) is 3.05. The van der Waals surface area contributed by atoms with Crippen LogP contribution in [0.5, 0.6) is 0 Å². The van der Waals surface area contributed by atoms with Gasteiger partial charge in [-0.15, -0.1) is 5.10 Å². The molecule has 0 amide bonds. The number of nitrogens with zero attached hydrogens (tertiary/aromatic N) is 2. The number of rotatable bonds is 2. The highest BCUT2D eigenvalue weighted by Gasteiger charge is 2.15. The van der Waals surface area contributed by atoms with Crippen molar-refractivity contribution < 1.29 is 4.42 Å². The molecule has 0 bridgehead atoms. The number of nitrogens with one attached hydrogen (secondary N) is 1. The molecule has 1 rings (SSSR count). The highest BCUT2D eigenvalue weighted by molar-refractivity contribution is 5.21. The molecule has 0 aromatic carbocycles. The van der Waals surface area contributed by atoms with Gasteiger partial charge in [-0.2, -0.15) is 0 Å². The van der Waals surface area contributed by atoms with Crippen LogP contribution in [0.3, 0.4) is 0 Å². The molecule has 0 aliphatic carbocycles. The van der Waals surface area contributed by atoms with Gasteiger partial charge >= 0.3 is 6.01 Å². The number of hydrogen-bond acceptors (Lipinski definition) is 4. The first kappa shape index (κ1) is 10.0. The molecule has 0 unspecified atom stereocenters. The van der Waals surface area contributed by atoms with E-state index in [9.17, 15) is 0 Å². The summed E-state index contributed by atoms with van der Waals surface area (Å²) >= 11 is 0. The monoisotopic (exact) mass is 183 g/mol. The van der Waals surface area contributed by atoms with Gasteiger partial charge in [0.15, 0.2) is 0 Å². The molecule has 0 atom stereocenters. The molecule has 0 saturated carbocycles. The summed E-state index contributed by atoms with van der Waals surface area (Å²) in [5.74, 6) is 0.953. The van der Waals surface area contributed by atoms with E-state index < -0.39 is 0 Å². The molecule has 1 N–H and O–H groups in total. The molecule has 4 heteroatoms. The van der Waals surface area contributed by atoms with Gasteiger partial charge in [0, 0.05) is 11.5 Å². The van der Waals surface area contributed by atoms with E-state index in [1.165, 1.54) is 0 Å². The predicted molar refractivity (Wildman–Crippen MR) is 51.8 cm³/mol. The first-order valence-corrected chi connectivity index (χ1v) is 4.50. The third-order valence-corrected chi connectivity index (χ3v) is 1.42. The Bertz CT molecular complexity index is 273. The van der Waals surface area contributed by atoms with Crippen LogP contribution in [0, 0.1) is 0 Å². The van der Waals surface area contributed by atoms with Crippen molar-refractivity contribution >= 4 is 6.01 Å². The summed E-state index contributed by atoms with van der Waals surface area (Å²) in [6, 6.07) is 0.496. The average molecular weight is 183 g/mol. The van der Waals surface area contributed by atoms with Crippen molar-refractivity contribution in [2.45, 2.75) is 46.1 Å². The number of hydrogen-bond donors (Lipinski definition) is 1. The van der Waals surface area contributed by atoms with Crippen molar-refractivity contribution in [2.24, 2.45) is 0 Å². The summed E-state index contributed by atoms with van der Waals surface area (Å²) in [5, 5.41) is 10.9. The van der Waals surface area contributed by atoms with Crippen LogP contribution in [0.4, 0.5) is 6.01 Å². The van der Waals surface area contributed by atoms with E-state index in [-0.39, 0.29) is 11.5 Å². The van der Waals surface area contributed by atoms with Crippen LogP contribution in [0.25, 0.3) is 0 Å². The van der Waals surface area contributed by atoms with Gasteiger partial charge in [0.1, 0.15) is 0 Å². The minimum atomic E-state index is -0.0409. The first-order valence-electron chi connectivity index (χ1n) is 4.50. The molecular weight excluding hydrogens is 166 g/mol. The van der Waals surface area contributed by atoms with Crippen molar-refractivity contribution in [1.29, 1.82) is 0 Å². The predicted octanol–water partition coefficient (Wildman–Crippen LogP) is 2.40. The lowest BCUT2D eigenvalue weighted by atomic mass is 10.1. The van der Waals surface area contributed by atoms with E-state index in [0.29, 0.717) is 11.9 Å². The lowest BCUT2D eigenvalue weighted by Crippen LogP contribution is -2.26. The van der Waals surface area contributed by atoms with Gasteiger partial charge in [-0.3, -0.25) is 0 Å². The Labute approximate surface area is 78.7 Å². The molecule has 1 aromatic rings. The fraction of sp³-hybridized carbons (Fsp3) is 0.778. The zero-order valence-electron chi connectivity index (χ0n) is 8.88. The lowest BCUT2D eigenvalue weighted by Gasteiger charge is -2.17. The quantitative estimate of drug-likeness (QED) is 0.765. The summed E-state index contributed by atoms with van der Waals surface area (Å²) in [6.07, 6.45) is 0. The van der Waals surface area contributed by atoms with Crippen molar-refractivity contribution in [1.82, 2.24) is 10.2 Å². The van der Waals surface area contributed by atoms with E-state index in [2.05, 4.69) is 15.5 Å². The van der Waals surface area contributed by atoms with Crippen LogP contribution in [0.15, 0.2) is 4.42 Å². The number of anilines is 1. The highest BCUT2D eigenvalue weighted by atomic mass is 16.4. The molecule has 0 spiro atoms. The van der Waals surface area contributed by atoms with Crippen molar-refractivity contribution in [3.05, 3.63) is 5.89 Å². The third-order valence-electron chi connectivity index (χ3n) is 1.42. The largest absolute Gasteiger partial charge is 0.408 e. The molecule has 4 nitrogen and oxygen atoms in total. The summed E-state index contributed by atoms with van der Waals surface area (Å²) < 4.78 is 5.39. The fourth-order valence-electron chi connectivity index (χ4n) is 0.839. The van der Waals surface area contributed by atoms with Crippen LogP contribution in [0.2, 0.25) is 0 Å². The molecule has 0 radical (unpaired) electrons. The maximum atomic E-state index is 5.39. The van der Waals surface area contributed by atoms with Crippen LogP contribution in [0.1, 0.15) is 46.4 Å². The zero-order valence-corrected chi connectivity index (χ0v) is 8.88. The van der Waals surface area contributed by atoms with E-state index in [0.717, 1.165) is 0 Å². The Morgan fingerprint density at radius 3 is 2.23 bits per heavy atom. The Morgan fingerprint density at radius 1 is 1.23 bits per heavy atom. The molecule has 0 saturated heterocycles. The maximum absolute atomic E-state index is 5.39. The SMILES string of the molecule is CC(C)c1nnc(NC(C)(C)C)o1. The smallest absolute Gasteiger partial charge is 0.315 e. The second-order valence-electron chi connectivity index (χ2n) is 4.48. The second-order valence-corrected chi connectivity index (χ2v) is 4.48. The summed E-state index contributed by atoms with van der Waals surface area (Å²) in [7, 11) is 0. The Kier molecular flexibility index (Phi) is 2.59. The Balaban J connectivity index is 2.70. The molecule has 1 aromatic heterocycles. The van der Waals surface area contributed by atoms with Gasteiger partial charge in [0.05, 0.1) is 0 Å². The van der Waals surface area contributed by atoms with Crippen molar-refractivity contribution in [3.8, 4) is 0 Å². The fourth-order valence-corrected chi connectivity index (χ4v) is 0.839. The second kappa shape index (κ2) is 3.36. The molecular formula is C9H17N3O. The zero-order chi connectivity index (χ0) is 10.1. The Hall–Kier alpha value is -1.06. The molecule has 0 aliphatic heterocycles. The Morgan fingerprint density at radius 2 is 1.85 bits per heavy atom. The van der Waals surface area contributed by atoms with Crippen LogP contribution in [-0.4, -0.2) is 15.7 Å². The highest BCUT2D eigenvalue weighted by Crippen LogP contribution is 2.17. The van der Waals surface area contributed by atoms with E-state index in [4.69, 9.17) is 4.42 Å². The molecule has 74 valence electrons. The number of aromatic nitrogens is 2. The van der Waals surface area contributed by atoms with Crippen molar-refractivity contribution in [3.63, 3.8) is 0 Å². The van der Waals surface area contributed by atoms with Gasteiger partial charge < -0.3 is 9.73 Å². The standard InChI is InChI=1S/C9H17N3O/c1-6(2)7-11-12-8(13-7)10-9(3,4)5/h6H,1-5H3,(H,10,12). The molecule has 1 heterocycles. The van der Waals surface area contributed by atoms with E-state index in [1.54, 1.807) is 0 Å². The van der Waals surface area contributed by atoms with Gasteiger partial charge in [0.2, 0.25) is 5.89 Å². The average Bonchev–Trinajstić information content (AvgIpc) is 2.31. The van der Waals surface area contributed by atoms with Crippen molar-refractivity contribution in [2.75, 3.05) is 5.32 Å². The summed E-state index contributed by atoms with van der Waals surface area (Å²) in [6.45, 7) is 10.2. The topological polar surface area (TPSA) is 51.0 Å². The van der Waals surface area contributed by atoms with Gasteiger partial charge in [-0.1, -0.05) is 18.9 Å². The minimum absolute atomic E-state index is 0.0409. The molecule has 13 heavy (non-hydrogen) atoms.